The summed E-state index contributed by atoms with van der Waals surface area (Å²) in [5.74, 6) is 0.368. The number of H-pyrrole nitrogens is 1. The number of aliphatic hydroxyl groups excluding tert-OH is 1. The lowest BCUT2D eigenvalue weighted by Crippen LogP contribution is -2.38. The van der Waals surface area contributed by atoms with Gasteiger partial charge in [0.15, 0.2) is 0 Å². The summed E-state index contributed by atoms with van der Waals surface area (Å²) in [7, 11) is -3.63. The molecule has 1 aliphatic rings. The van der Waals surface area contributed by atoms with Crippen molar-refractivity contribution in [2.45, 2.75) is 38.2 Å². The van der Waals surface area contributed by atoms with Gasteiger partial charge in [0.25, 0.3) is 0 Å². The second-order valence-corrected chi connectivity index (χ2v) is 7.22. The fraction of sp³-hybridized carbons (Fsp3) is 0.769. The Morgan fingerprint density at radius 1 is 1.43 bits per heavy atom. The lowest BCUT2D eigenvalue weighted by Gasteiger charge is -2.30. The molecule has 0 atom stereocenters. The second kappa shape index (κ2) is 6.87. The van der Waals surface area contributed by atoms with Crippen LogP contribution in [0.3, 0.4) is 0 Å². The first-order chi connectivity index (χ1) is 9.97. The van der Waals surface area contributed by atoms with Crippen LogP contribution in [-0.2, 0) is 16.6 Å². The normalized spacial score (nSPS) is 18.2. The van der Waals surface area contributed by atoms with Gasteiger partial charge in [-0.2, -0.15) is 5.10 Å². The van der Waals surface area contributed by atoms with E-state index in [0.717, 1.165) is 32.5 Å². The number of likely N-dealkylation sites (tertiary alicyclic amines) is 1. The lowest BCUT2D eigenvalue weighted by molar-refractivity contribution is 0.193. The summed E-state index contributed by atoms with van der Waals surface area (Å²) in [6.45, 7) is 6.92. The maximum Gasteiger partial charge on any atom is 0.244 e. The number of rotatable bonds is 6. The number of hydrogen-bond acceptors (Lipinski definition) is 5. The van der Waals surface area contributed by atoms with Crippen LogP contribution in [0.5, 0.6) is 0 Å². The van der Waals surface area contributed by atoms with Crippen LogP contribution in [0.15, 0.2) is 4.90 Å². The third-order valence-corrected chi connectivity index (χ3v) is 5.72. The van der Waals surface area contributed by atoms with Crippen molar-refractivity contribution in [2.75, 3.05) is 26.2 Å². The molecule has 1 aliphatic heterocycles. The van der Waals surface area contributed by atoms with Gasteiger partial charge in [-0.05, 0) is 45.3 Å². The molecule has 0 amide bonds. The van der Waals surface area contributed by atoms with Crippen molar-refractivity contribution in [3.05, 3.63) is 11.4 Å². The van der Waals surface area contributed by atoms with Gasteiger partial charge in [-0.1, -0.05) is 6.92 Å². The standard InChI is InChI=1S/C13H24N4O3S/c1-3-17-6-4-11(5-7-17)8-14-21(19,20)13-10(2)15-16-12(13)9-18/h11,14,18H,3-9H2,1-2H3,(H,15,16). The third-order valence-electron chi connectivity index (χ3n) is 4.10. The Morgan fingerprint density at radius 3 is 2.67 bits per heavy atom. The number of nitrogens with one attached hydrogen (secondary N) is 2. The minimum absolute atomic E-state index is 0.0796. The van der Waals surface area contributed by atoms with E-state index in [9.17, 15) is 13.5 Å². The monoisotopic (exact) mass is 316 g/mol. The highest BCUT2D eigenvalue weighted by atomic mass is 32.2. The van der Waals surface area contributed by atoms with Crippen LogP contribution >= 0.6 is 0 Å². The smallest absolute Gasteiger partial charge is 0.244 e. The molecule has 0 radical (unpaired) electrons. The highest BCUT2D eigenvalue weighted by Crippen LogP contribution is 2.20. The van der Waals surface area contributed by atoms with Gasteiger partial charge >= 0.3 is 0 Å². The molecule has 3 N–H and O–H groups in total. The highest BCUT2D eigenvalue weighted by molar-refractivity contribution is 7.89. The fourth-order valence-electron chi connectivity index (χ4n) is 2.74. The highest BCUT2D eigenvalue weighted by Gasteiger charge is 2.26. The molecule has 1 fully saturated rings. The van der Waals surface area contributed by atoms with Gasteiger partial charge in [-0.3, -0.25) is 5.10 Å². The first-order valence-corrected chi connectivity index (χ1v) is 8.83. The second-order valence-electron chi connectivity index (χ2n) is 5.51. The van der Waals surface area contributed by atoms with Gasteiger partial charge in [0, 0.05) is 6.54 Å². The van der Waals surface area contributed by atoms with Crippen molar-refractivity contribution in [1.82, 2.24) is 19.8 Å². The number of aromatic nitrogens is 2. The maximum atomic E-state index is 12.4. The van der Waals surface area contributed by atoms with Crippen molar-refractivity contribution in [1.29, 1.82) is 0 Å². The number of aromatic amines is 1. The Labute approximate surface area is 125 Å². The summed E-state index contributed by atoms with van der Waals surface area (Å²) in [4.78, 5) is 2.45. The molecule has 2 rings (SSSR count). The number of aryl methyl sites for hydroxylation is 1. The number of hydrogen-bond donors (Lipinski definition) is 3. The molecule has 7 nitrogen and oxygen atoms in total. The Morgan fingerprint density at radius 2 is 2.10 bits per heavy atom. The molecule has 0 aliphatic carbocycles. The largest absolute Gasteiger partial charge is 0.390 e. The van der Waals surface area contributed by atoms with Crippen molar-refractivity contribution >= 4 is 10.0 Å². The van der Waals surface area contributed by atoms with E-state index in [4.69, 9.17) is 0 Å². The SMILES string of the molecule is CCN1CCC(CNS(=O)(=O)c2c(CO)n[nH]c2C)CC1. The molecule has 2 heterocycles. The molecular weight excluding hydrogens is 292 g/mol. The number of piperidine rings is 1. The summed E-state index contributed by atoms with van der Waals surface area (Å²) in [6, 6.07) is 0. The summed E-state index contributed by atoms with van der Waals surface area (Å²) >= 11 is 0. The van der Waals surface area contributed by atoms with E-state index in [1.807, 2.05) is 0 Å². The van der Waals surface area contributed by atoms with E-state index < -0.39 is 16.6 Å². The molecule has 1 aromatic heterocycles. The van der Waals surface area contributed by atoms with Gasteiger partial charge in [-0.15, -0.1) is 0 Å². The predicted octanol–water partition coefficient (Wildman–Crippen LogP) is 0.221. The number of aliphatic hydroxyl groups is 1. The Kier molecular flexibility index (Phi) is 5.37. The molecule has 8 heteroatoms. The van der Waals surface area contributed by atoms with E-state index in [1.54, 1.807) is 6.92 Å². The summed E-state index contributed by atoms with van der Waals surface area (Å²) in [6.07, 6.45) is 2.02. The molecule has 1 saturated heterocycles. The van der Waals surface area contributed by atoms with E-state index in [-0.39, 0.29) is 10.6 Å². The van der Waals surface area contributed by atoms with E-state index in [2.05, 4.69) is 26.7 Å². The molecule has 120 valence electrons. The maximum absolute atomic E-state index is 12.4. The van der Waals surface area contributed by atoms with Gasteiger partial charge in [-0.25, -0.2) is 13.1 Å². The van der Waals surface area contributed by atoms with E-state index in [1.165, 1.54) is 0 Å². The zero-order valence-corrected chi connectivity index (χ0v) is 13.4. The van der Waals surface area contributed by atoms with Crippen LogP contribution in [0.4, 0.5) is 0 Å². The first-order valence-electron chi connectivity index (χ1n) is 7.34. The van der Waals surface area contributed by atoms with E-state index >= 15 is 0 Å². The Bertz CT molecular complexity index is 562. The average Bonchev–Trinajstić information content (AvgIpc) is 2.87. The molecule has 0 aromatic carbocycles. The molecule has 21 heavy (non-hydrogen) atoms. The van der Waals surface area contributed by atoms with Crippen LogP contribution in [0.1, 0.15) is 31.2 Å². The quantitative estimate of drug-likeness (QED) is 0.697. The summed E-state index contributed by atoms with van der Waals surface area (Å²) < 4.78 is 27.4. The topological polar surface area (TPSA) is 98.3 Å². The first kappa shape index (κ1) is 16.4. The number of nitrogens with zero attached hydrogens (tertiary/aromatic N) is 2. The van der Waals surface area contributed by atoms with Crippen molar-refractivity contribution in [3.8, 4) is 0 Å². The molecule has 0 saturated carbocycles. The minimum atomic E-state index is -3.63. The fourth-order valence-corrected chi connectivity index (χ4v) is 4.21. The van der Waals surface area contributed by atoms with Crippen molar-refractivity contribution in [2.24, 2.45) is 5.92 Å². The van der Waals surface area contributed by atoms with Crippen LogP contribution in [0.2, 0.25) is 0 Å². The average molecular weight is 316 g/mol. The summed E-state index contributed by atoms with van der Waals surface area (Å²) in [5.41, 5.74) is 0.619. The number of sulfonamides is 1. The molecule has 0 unspecified atom stereocenters. The molecular formula is C13H24N4O3S. The molecule has 0 bridgehead atoms. The van der Waals surface area contributed by atoms with Crippen LogP contribution in [-0.4, -0.2) is 54.8 Å². The van der Waals surface area contributed by atoms with Crippen molar-refractivity contribution < 1.29 is 13.5 Å². The van der Waals surface area contributed by atoms with Crippen LogP contribution in [0, 0.1) is 12.8 Å². The molecule has 0 spiro atoms. The van der Waals surface area contributed by atoms with Gasteiger partial charge in [0.05, 0.1) is 12.3 Å². The summed E-state index contributed by atoms with van der Waals surface area (Å²) in [5, 5.41) is 15.6. The Balaban J connectivity index is 1.97. The third kappa shape index (κ3) is 3.82. The van der Waals surface area contributed by atoms with Gasteiger partial charge in [0.2, 0.25) is 10.0 Å². The zero-order chi connectivity index (χ0) is 15.5. The van der Waals surface area contributed by atoms with Crippen LogP contribution in [0.25, 0.3) is 0 Å². The van der Waals surface area contributed by atoms with Crippen molar-refractivity contribution in [3.63, 3.8) is 0 Å². The minimum Gasteiger partial charge on any atom is -0.390 e. The van der Waals surface area contributed by atoms with Gasteiger partial charge in [0.1, 0.15) is 10.6 Å². The van der Waals surface area contributed by atoms with Gasteiger partial charge < -0.3 is 10.0 Å². The lowest BCUT2D eigenvalue weighted by atomic mass is 9.97. The predicted molar refractivity (Wildman–Crippen MR) is 79.3 cm³/mol. The van der Waals surface area contributed by atoms with E-state index in [0.29, 0.717) is 18.2 Å². The van der Waals surface area contributed by atoms with Crippen LogP contribution < -0.4 is 4.72 Å². The molecule has 1 aromatic rings. The zero-order valence-electron chi connectivity index (χ0n) is 12.6. The Hall–Kier alpha value is -0.960.